The van der Waals surface area contributed by atoms with Crippen molar-refractivity contribution in [1.29, 1.82) is 0 Å². The first-order valence-electron chi connectivity index (χ1n) is 4.79. The van der Waals surface area contributed by atoms with Gasteiger partial charge in [0.2, 0.25) is 0 Å². The second-order valence-electron chi connectivity index (χ2n) is 3.29. The zero-order valence-electron chi connectivity index (χ0n) is 9.19. The third-order valence-corrected chi connectivity index (χ3v) is 1.93. The molecule has 0 radical (unpaired) electrons. The molecule has 0 spiro atoms. The van der Waals surface area contributed by atoms with E-state index >= 15 is 0 Å². The van der Waals surface area contributed by atoms with E-state index in [0.717, 1.165) is 5.69 Å². The van der Waals surface area contributed by atoms with E-state index in [2.05, 4.69) is 27.8 Å². The molecule has 0 aliphatic carbocycles. The maximum atomic E-state index is 11.4. The molecule has 1 aromatic rings. The van der Waals surface area contributed by atoms with Crippen LogP contribution in [0.2, 0.25) is 0 Å². The second kappa shape index (κ2) is 5.90. The van der Waals surface area contributed by atoms with Gasteiger partial charge in [-0.1, -0.05) is 12.2 Å². The van der Waals surface area contributed by atoms with Crippen LogP contribution in [0.5, 0.6) is 0 Å². The maximum Gasteiger partial charge on any atom is 0.313 e. The highest BCUT2D eigenvalue weighted by atomic mass is 32.1. The first kappa shape index (κ1) is 13.0. The topological polar surface area (TPSA) is 97.1 Å². The molecule has 2 amide bonds. The molecule has 0 bridgehead atoms. The van der Waals surface area contributed by atoms with E-state index in [1.54, 1.807) is 19.1 Å². The van der Waals surface area contributed by atoms with E-state index in [1.165, 1.54) is 6.20 Å². The summed E-state index contributed by atoms with van der Waals surface area (Å²) >= 11 is 4.57. The molecular formula is C10H12N4O2S. The van der Waals surface area contributed by atoms with Crippen LogP contribution in [-0.4, -0.2) is 28.3 Å². The molecule has 0 saturated heterocycles. The summed E-state index contributed by atoms with van der Waals surface area (Å²) in [6, 6.07) is 3.24. The molecule has 1 aromatic heterocycles. The van der Waals surface area contributed by atoms with Crippen molar-refractivity contribution < 1.29 is 9.59 Å². The van der Waals surface area contributed by atoms with Crippen molar-refractivity contribution in [1.82, 2.24) is 10.3 Å². The van der Waals surface area contributed by atoms with E-state index < -0.39 is 11.8 Å². The Balaban J connectivity index is 2.54. The van der Waals surface area contributed by atoms with Crippen molar-refractivity contribution in [3.63, 3.8) is 0 Å². The zero-order chi connectivity index (χ0) is 12.8. The third-order valence-electron chi connectivity index (χ3n) is 1.78. The smallest absolute Gasteiger partial charge is 0.313 e. The quantitative estimate of drug-likeness (QED) is 0.508. The van der Waals surface area contributed by atoms with Crippen LogP contribution in [0.4, 0.5) is 5.69 Å². The summed E-state index contributed by atoms with van der Waals surface area (Å²) in [6.45, 7) is 1.78. The van der Waals surface area contributed by atoms with Gasteiger partial charge in [-0.05, 0) is 19.1 Å². The molecule has 17 heavy (non-hydrogen) atoms. The summed E-state index contributed by atoms with van der Waals surface area (Å²) in [5, 5.41) is 4.72. The minimum absolute atomic E-state index is 0.00302. The Hall–Kier alpha value is -2.02. The Morgan fingerprint density at radius 2 is 2.18 bits per heavy atom. The summed E-state index contributed by atoms with van der Waals surface area (Å²) in [7, 11) is 0. The molecule has 0 aliphatic heterocycles. The summed E-state index contributed by atoms with van der Waals surface area (Å²) in [4.78, 5) is 26.8. The molecule has 0 saturated carbocycles. The summed E-state index contributed by atoms with van der Waals surface area (Å²) in [5.41, 5.74) is 6.44. The van der Waals surface area contributed by atoms with Crippen molar-refractivity contribution in [2.24, 2.45) is 5.73 Å². The molecule has 7 heteroatoms. The number of carbonyl (C=O) groups excluding carboxylic acids is 2. The predicted octanol–water partition coefficient (Wildman–Crippen LogP) is -0.269. The van der Waals surface area contributed by atoms with Gasteiger partial charge in [0.25, 0.3) is 0 Å². The van der Waals surface area contributed by atoms with Crippen LogP contribution >= 0.6 is 12.2 Å². The molecular weight excluding hydrogens is 240 g/mol. The van der Waals surface area contributed by atoms with Gasteiger partial charge >= 0.3 is 11.8 Å². The molecule has 1 heterocycles. The number of nitrogens with two attached hydrogens (primary N) is 1. The minimum atomic E-state index is -0.785. The van der Waals surface area contributed by atoms with Gasteiger partial charge in [-0.2, -0.15) is 0 Å². The van der Waals surface area contributed by atoms with E-state index in [-0.39, 0.29) is 11.5 Å². The van der Waals surface area contributed by atoms with E-state index in [9.17, 15) is 9.59 Å². The van der Waals surface area contributed by atoms with Crippen LogP contribution in [0.1, 0.15) is 5.69 Å². The fourth-order valence-corrected chi connectivity index (χ4v) is 1.13. The fraction of sp³-hybridized carbons (Fsp3) is 0.200. The Morgan fingerprint density at radius 1 is 1.47 bits per heavy atom. The highest BCUT2D eigenvalue weighted by molar-refractivity contribution is 7.80. The minimum Gasteiger partial charge on any atom is -0.392 e. The predicted molar refractivity (Wildman–Crippen MR) is 67.4 cm³/mol. The number of thiocarbonyl (C=S) groups is 1. The number of aromatic nitrogens is 1. The lowest BCUT2D eigenvalue weighted by Gasteiger charge is -2.05. The first-order chi connectivity index (χ1) is 7.99. The third kappa shape index (κ3) is 4.56. The molecule has 0 unspecified atom stereocenters. The standard InChI is InChI=1S/C10H12N4O2S/c1-6-4-7(2-3-12-6)14-10(16)9(15)13-5-8(11)17/h2-4H,5H2,1H3,(H2,11,17)(H,13,15)(H,12,14,16). The molecule has 0 aromatic carbocycles. The summed E-state index contributed by atoms with van der Waals surface area (Å²) in [6.07, 6.45) is 1.54. The van der Waals surface area contributed by atoms with Crippen LogP contribution in [-0.2, 0) is 9.59 Å². The molecule has 0 atom stereocenters. The van der Waals surface area contributed by atoms with E-state index in [4.69, 9.17) is 5.73 Å². The molecule has 90 valence electrons. The number of pyridine rings is 1. The average Bonchev–Trinajstić information content (AvgIpc) is 2.25. The fourth-order valence-electron chi connectivity index (χ4n) is 1.06. The van der Waals surface area contributed by atoms with Gasteiger partial charge in [0.1, 0.15) is 0 Å². The zero-order valence-corrected chi connectivity index (χ0v) is 10.0. The van der Waals surface area contributed by atoms with Crippen molar-refractivity contribution >= 4 is 34.7 Å². The van der Waals surface area contributed by atoms with Crippen molar-refractivity contribution in [3.8, 4) is 0 Å². The number of aryl methyl sites for hydroxylation is 1. The summed E-state index contributed by atoms with van der Waals surface area (Å²) in [5.74, 6) is -1.56. The Bertz CT molecular complexity index is 461. The Kier molecular flexibility index (Phi) is 4.53. The van der Waals surface area contributed by atoms with E-state index in [1.807, 2.05) is 0 Å². The number of nitrogens with zero attached hydrogens (tertiary/aromatic N) is 1. The first-order valence-corrected chi connectivity index (χ1v) is 5.20. The highest BCUT2D eigenvalue weighted by Gasteiger charge is 2.13. The Morgan fingerprint density at radius 3 is 2.76 bits per heavy atom. The van der Waals surface area contributed by atoms with Crippen LogP contribution in [0.15, 0.2) is 18.3 Å². The number of carbonyl (C=O) groups is 2. The lowest BCUT2D eigenvalue weighted by atomic mass is 10.3. The SMILES string of the molecule is Cc1cc(NC(=O)C(=O)NCC(N)=S)ccn1. The number of amides is 2. The van der Waals surface area contributed by atoms with Gasteiger partial charge in [-0.25, -0.2) is 0 Å². The molecule has 1 rings (SSSR count). The van der Waals surface area contributed by atoms with Crippen LogP contribution in [0.3, 0.4) is 0 Å². The van der Waals surface area contributed by atoms with Crippen LogP contribution in [0.25, 0.3) is 0 Å². The second-order valence-corrected chi connectivity index (χ2v) is 3.81. The number of nitrogens with one attached hydrogen (secondary N) is 2. The largest absolute Gasteiger partial charge is 0.392 e. The number of hydrogen-bond donors (Lipinski definition) is 3. The van der Waals surface area contributed by atoms with Gasteiger partial charge in [-0.15, -0.1) is 0 Å². The number of anilines is 1. The molecule has 4 N–H and O–H groups in total. The van der Waals surface area contributed by atoms with Crippen molar-refractivity contribution in [2.45, 2.75) is 6.92 Å². The number of hydrogen-bond acceptors (Lipinski definition) is 4. The average molecular weight is 252 g/mol. The number of rotatable bonds is 3. The lowest BCUT2D eigenvalue weighted by Crippen LogP contribution is -2.39. The van der Waals surface area contributed by atoms with Gasteiger partial charge < -0.3 is 16.4 Å². The van der Waals surface area contributed by atoms with Crippen LogP contribution < -0.4 is 16.4 Å². The summed E-state index contributed by atoms with van der Waals surface area (Å²) < 4.78 is 0. The highest BCUT2D eigenvalue weighted by Crippen LogP contribution is 2.06. The van der Waals surface area contributed by atoms with Gasteiger partial charge in [0, 0.05) is 17.6 Å². The van der Waals surface area contributed by atoms with Crippen LogP contribution in [0, 0.1) is 6.92 Å². The molecule has 0 fully saturated rings. The Labute approximate surface area is 104 Å². The van der Waals surface area contributed by atoms with Crippen molar-refractivity contribution in [3.05, 3.63) is 24.0 Å². The normalized spacial score (nSPS) is 9.47. The van der Waals surface area contributed by atoms with E-state index in [0.29, 0.717) is 5.69 Å². The molecule has 0 aliphatic rings. The van der Waals surface area contributed by atoms with Gasteiger partial charge in [-0.3, -0.25) is 14.6 Å². The van der Waals surface area contributed by atoms with Gasteiger partial charge in [0.15, 0.2) is 0 Å². The molecule has 6 nitrogen and oxygen atoms in total. The van der Waals surface area contributed by atoms with Crippen molar-refractivity contribution in [2.75, 3.05) is 11.9 Å². The lowest BCUT2D eigenvalue weighted by molar-refractivity contribution is -0.135. The van der Waals surface area contributed by atoms with Gasteiger partial charge in [0.05, 0.1) is 11.5 Å². The monoisotopic (exact) mass is 252 g/mol. The maximum absolute atomic E-state index is 11.4.